The predicted octanol–water partition coefficient (Wildman–Crippen LogP) is 2.66. The summed E-state index contributed by atoms with van der Waals surface area (Å²) in [5.41, 5.74) is 1.70. The van der Waals surface area contributed by atoms with Crippen LogP contribution in [-0.4, -0.2) is 54.6 Å². The minimum atomic E-state index is -0.489. The van der Waals surface area contributed by atoms with Crippen LogP contribution < -0.4 is 20.7 Å². The third kappa shape index (κ3) is 5.13. The van der Waals surface area contributed by atoms with Gasteiger partial charge in [-0.3, -0.25) is 4.79 Å². The van der Waals surface area contributed by atoms with Gasteiger partial charge < -0.3 is 30.5 Å². The van der Waals surface area contributed by atoms with Crippen molar-refractivity contribution in [2.75, 3.05) is 18.5 Å². The fourth-order valence-corrected chi connectivity index (χ4v) is 4.93. The largest absolute Gasteiger partial charge is 0.487 e. The van der Waals surface area contributed by atoms with Crippen molar-refractivity contribution in [3.8, 4) is 5.75 Å². The van der Waals surface area contributed by atoms with Gasteiger partial charge in [0.15, 0.2) is 0 Å². The molecule has 4 rings (SSSR count). The minimum absolute atomic E-state index is 0.00418. The quantitative estimate of drug-likeness (QED) is 0.531. The molecule has 170 valence electrons. The van der Waals surface area contributed by atoms with Crippen molar-refractivity contribution in [2.24, 2.45) is 0 Å². The second-order valence-electron chi connectivity index (χ2n) is 8.79. The number of nitrogens with one attached hydrogen (secondary N) is 3. The van der Waals surface area contributed by atoms with E-state index in [0.29, 0.717) is 18.7 Å². The van der Waals surface area contributed by atoms with Crippen LogP contribution in [0.3, 0.4) is 0 Å². The molecule has 3 aliphatic rings. The molecule has 8 heteroatoms. The number of anilines is 1. The summed E-state index contributed by atoms with van der Waals surface area (Å²) in [5.74, 6) is 0.708. The van der Waals surface area contributed by atoms with E-state index in [1.165, 1.54) is 0 Å². The van der Waals surface area contributed by atoms with E-state index >= 15 is 0 Å². The van der Waals surface area contributed by atoms with E-state index in [4.69, 9.17) is 9.47 Å². The number of carbonyl (C=O) groups excluding carboxylic acids is 2. The Balaban J connectivity index is 1.43. The molecular weight excluding hydrogens is 398 g/mol. The van der Waals surface area contributed by atoms with E-state index in [1.807, 2.05) is 25.1 Å². The van der Waals surface area contributed by atoms with Crippen molar-refractivity contribution >= 4 is 17.6 Å². The summed E-state index contributed by atoms with van der Waals surface area (Å²) in [6.07, 6.45) is 5.10. The van der Waals surface area contributed by atoms with Gasteiger partial charge in [0.2, 0.25) is 5.91 Å². The van der Waals surface area contributed by atoms with Crippen LogP contribution in [0.5, 0.6) is 5.75 Å². The third-order valence-electron chi connectivity index (χ3n) is 6.43. The molecule has 4 atom stereocenters. The number of carbonyl (C=O) groups is 2. The molecule has 2 heterocycles. The molecule has 1 saturated carbocycles. The van der Waals surface area contributed by atoms with Gasteiger partial charge in [0.1, 0.15) is 18.0 Å². The zero-order valence-electron chi connectivity index (χ0n) is 18.1. The highest BCUT2D eigenvalue weighted by Gasteiger charge is 2.46. The molecule has 0 aromatic heterocycles. The zero-order chi connectivity index (χ0) is 21.8. The van der Waals surface area contributed by atoms with Crippen LogP contribution in [0.4, 0.5) is 10.5 Å². The number of aliphatic hydroxyl groups is 1. The maximum Gasteiger partial charge on any atom is 0.319 e. The number of amides is 3. The molecule has 2 aliphatic heterocycles. The molecule has 8 nitrogen and oxygen atoms in total. The second-order valence-corrected chi connectivity index (χ2v) is 8.79. The van der Waals surface area contributed by atoms with Gasteiger partial charge in [0.05, 0.1) is 19.1 Å². The molecule has 0 unspecified atom stereocenters. The summed E-state index contributed by atoms with van der Waals surface area (Å²) in [6, 6.07) is 5.70. The first-order valence-electron chi connectivity index (χ1n) is 11.5. The van der Waals surface area contributed by atoms with Crippen LogP contribution in [0.1, 0.15) is 63.4 Å². The van der Waals surface area contributed by atoms with Crippen molar-refractivity contribution in [1.82, 2.24) is 10.6 Å². The van der Waals surface area contributed by atoms with Gasteiger partial charge in [-0.2, -0.15) is 0 Å². The topological polar surface area (TPSA) is 109 Å². The van der Waals surface area contributed by atoms with E-state index < -0.39 is 6.10 Å². The van der Waals surface area contributed by atoms with Crippen LogP contribution in [-0.2, 0) is 9.53 Å². The Bertz CT molecular complexity index is 795. The summed E-state index contributed by atoms with van der Waals surface area (Å²) in [5, 5.41) is 18.7. The van der Waals surface area contributed by atoms with Crippen molar-refractivity contribution < 1.29 is 24.2 Å². The maximum absolute atomic E-state index is 12.4. The Morgan fingerprint density at radius 1 is 1.23 bits per heavy atom. The van der Waals surface area contributed by atoms with Crippen LogP contribution in [0, 0.1) is 0 Å². The molecule has 3 amide bonds. The Morgan fingerprint density at radius 3 is 2.77 bits per heavy atom. The highest BCUT2D eigenvalue weighted by molar-refractivity contribution is 5.89. The number of benzene rings is 1. The number of hydrogen-bond donors (Lipinski definition) is 4. The first-order valence-corrected chi connectivity index (χ1v) is 11.5. The van der Waals surface area contributed by atoms with Crippen LogP contribution in [0.2, 0.25) is 0 Å². The molecule has 1 aromatic carbocycles. The molecule has 1 saturated heterocycles. The molecule has 0 bridgehead atoms. The Kier molecular flexibility index (Phi) is 6.97. The Labute approximate surface area is 183 Å². The SMILES string of the molecule is CCCNC(=O)C[C@@H]1C[C@@H]2c3cc(NC(=O)NC4CCCC4)ccc3O[C@@H]2[C@H](CO)O1. The van der Waals surface area contributed by atoms with Gasteiger partial charge in [-0.05, 0) is 43.9 Å². The van der Waals surface area contributed by atoms with E-state index in [0.717, 1.165) is 43.4 Å². The molecule has 0 radical (unpaired) electrons. The van der Waals surface area contributed by atoms with E-state index in [-0.39, 0.29) is 49.1 Å². The Hall–Kier alpha value is -2.32. The van der Waals surface area contributed by atoms with Crippen LogP contribution >= 0.6 is 0 Å². The third-order valence-corrected chi connectivity index (χ3v) is 6.43. The van der Waals surface area contributed by atoms with Crippen molar-refractivity contribution in [1.29, 1.82) is 0 Å². The fraction of sp³-hybridized carbons (Fsp3) is 0.652. The number of urea groups is 1. The number of aliphatic hydroxyl groups excluding tert-OH is 1. The van der Waals surface area contributed by atoms with E-state index in [2.05, 4.69) is 16.0 Å². The lowest BCUT2D eigenvalue weighted by atomic mass is 9.84. The van der Waals surface area contributed by atoms with Gasteiger partial charge in [0, 0.05) is 29.8 Å². The average Bonchev–Trinajstić information content (AvgIpc) is 3.39. The zero-order valence-corrected chi connectivity index (χ0v) is 18.1. The molecule has 2 fully saturated rings. The predicted molar refractivity (Wildman–Crippen MR) is 116 cm³/mol. The maximum atomic E-state index is 12.4. The normalized spacial score (nSPS) is 27.2. The molecule has 31 heavy (non-hydrogen) atoms. The van der Waals surface area contributed by atoms with E-state index in [1.54, 1.807) is 0 Å². The highest BCUT2D eigenvalue weighted by Crippen LogP contribution is 2.47. The summed E-state index contributed by atoms with van der Waals surface area (Å²) >= 11 is 0. The van der Waals surface area contributed by atoms with Gasteiger partial charge in [-0.25, -0.2) is 4.79 Å². The molecular formula is C23H33N3O5. The van der Waals surface area contributed by atoms with Crippen molar-refractivity contribution in [3.05, 3.63) is 23.8 Å². The highest BCUT2D eigenvalue weighted by atomic mass is 16.6. The van der Waals surface area contributed by atoms with E-state index in [9.17, 15) is 14.7 Å². The summed E-state index contributed by atoms with van der Waals surface area (Å²) in [4.78, 5) is 24.5. The van der Waals surface area contributed by atoms with Gasteiger partial charge in [-0.1, -0.05) is 19.8 Å². The fourth-order valence-electron chi connectivity index (χ4n) is 4.93. The first-order chi connectivity index (χ1) is 15.1. The standard InChI is InChI=1S/C23H33N3O5/c1-2-9-24-21(28)12-16-11-18-17-10-15(26-23(29)25-14-5-3-4-6-14)7-8-19(17)31-22(18)20(13-27)30-16/h7-8,10,14,16,18,20,22,27H,2-6,9,11-13H2,1H3,(H,24,28)(H2,25,26,29)/t16-,18+,20-,22-/m0/s1. The summed E-state index contributed by atoms with van der Waals surface area (Å²) in [7, 11) is 0. The first kappa shape index (κ1) is 21.9. The summed E-state index contributed by atoms with van der Waals surface area (Å²) in [6.45, 7) is 2.48. The lowest BCUT2D eigenvalue weighted by Gasteiger charge is -2.37. The van der Waals surface area contributed by atoms with Gasteiger partial charge in [0.25, 0.3) is 0 Å². The number of ether oxygens (including phenoxy) is 2. The van der Waals surface area contributed by atoms with Crippen LogP contribution in [0.25, 0.3) is 0 Å². The van der Waals surface area contributed by atoms with Crippen LogP contribution in [0.15, 0.2) is 18.2 Å². The summed E-state index contributed by atoms with van der Waals surface area (Å²) < 4.78 is 12.1. The van der Waals surface area contributed by atoms with Crippen molar-refractivity contribution in [2.45, 2.75) is 82.1 Å². The molecule has 4 N–H and O–H groups in total. The minimum Gasteiger partial charge on any atom is -0.487 e. The average molecular weight is 432 g/mol. The molecule has 1 aromatic rings. The molecule has 0 spiro atoms. The smallest absolute Gasteiger partial charge is 0.319 e. The van der Waals surface area contributed by atoms with Gasteiger partial charge >= 0.3 is 6.03 Å². The number of rotatable bonds is 7. The van der Waals surface area contributed by atoms with Gasteiger partial charge in [-0.15, -0.1) is 0 Å². The number of fused-ring (bicyclic) bond motifs is 3. The Morgan fingerprint density at radius 2 is 2.03 bits per heavy atom. The van der Waals surface area contributed by atoms with Crippen molar-refractivity contribution in [3.63, 3.8) is 0 Å². The molecule has 1 aliphatic carbocycles. The number of hydrogen-bond acceptors (Lipinski definition) is 5. The lowest BCUT2D eigenvalue weighted by Crippen LogP contribution is -2.47. The lowest BCUT2D eigenvalue weighted by molar-refractivity contribution is -0.142. The second kappa shape index (κ2) is 9.87. The monoisotopic (exact) mass is 431 g/mol.